The van der Waals surface area contributed by atoms with E-state index in [2.05, 4.69) is 10.3 Å². The van der Waals surface area contributed by atoms with Crippen LogP contribution < -0.4 is 5.32 Å². The minimum Gasteiger partial charge on any atom is -0.356 e. The Morgan fingerprint density at radius 3 is 2.69 bits per heavy atom. The van der Waals surface area contributed by atoms with Gasteiger partial charge in [-0.25, -0.2) is 0 Å². The third-order valence-electron chi connectivity index (χ3n) is 4.37. The van der Waals surface area contributed by atoms with Crippen molar-refractivity contribution in [3.05, 3.63) is 23.0 Å². The van der Waals surface area contributed by atoms with Crippen molar-refractivity contribution in [3.8, 4) is 0 Å². The van der Waals surface area contributed by atoms with Gasteiger partial charge in [0.1, 0.15) is 0 Å². The second-order valence-corrected chi connectivity index (χ2v) is 6.99. The van der Waals surface area contributed by atoms with E-state index in [-0.39, 0.29) is 29.9 Å². The highest BCUT2D eigenvalue weighted by Crippen LogP contribution is 2.22. The van der Waals surface area contributed by atoms with Crippen LogP contribution in [0.5, 0.6) is 0 Å². The number of likely N-dealkylation sites (tertiary alicyclic amines) is 1. The Hall–Kier alpha value is -0.680. The van der Waals surface area contributed by atoms with Gasteiger partial charge in [-0.2, -0.15) is 13.2 Å². The Bertz CT molecular complexity index is 605. The first-order chi connectivity index (χ1) is 11.7. The fourth-order valence-corrected chi connectivity index (χ4v) is 3.41. The van der Waals surface area contributed by atoms with Crippen molar-refractivity contribution in [2.24, 2.45) is 18.0 Å². The van der Waals surface area contributed by atoms with Crippen LogP contribution in [-0.2, 0) is 13.6 Å². The molecule has 150 valence electrons. The summed E-state index contributed by atoms with van der Waals surface area (Å²) in [5, 5.41) is 3.95. The zero-order chi connectivity index (χ0) is 18.6. The molecule has 0 aliphatic carbocycles. The second kappa shape index (κ2) is 10.0. The van der Waals surface area contributed by atoms with Gasteiger partial charge in [-0.1, -0.05) is 11.6 Å². The van der Waals surface area contributed by atoms with E-state index in [0.29, 0.717) is 37.2 Å². The maximum absolute atomic E-state index is 12.5. The molecule has 1 aliphatic heterocycles. The predicted molar refractivity (Wildman–Crippen MR) is 109 cm³/mol. The average Bonchev–Trinajstić information content (AvgIpc) is 3.04. The van der Waals surface area contributed by atoms with Gasteiger partial charge in [-0.05, 0) is 24.9 Å². The Morgan fingerprint density at radius 2 is 2.15 bits per heavy atom. The van der Waals surface area contributed by atoms with Gasteiger partial charge in [0.2, 0.25) is 0 Å². The highest BCUT2D eigenvalue weighted by Gasteiger charge is 2.34. The zero-order valence-electron chi connectivity index (χ0n) is 15.2. The molecule has 5 nitrogen and oxygen atoms in total. The van der Waals surface area contributed by atoms with Crippen LogP contribution in [0.4, 0.5) is 13.2 Å². The molecule has 1 saturated heterocycles. The van der Waals surface area contributed by atoms with Gasteiger partial charge in [-0.15, -0.1) is 24.0 Å². The minimum atomic E-state index is -4.13. The molecule has 2 heterocycles. The SMILES string of the molecule is CN=C(NCC1CCN(CC(F)(F)F)C1)N(C)Cc1cc(Cl)cn1C.I. The summed E-state index contributed by atoms with van der Waals surface area (Å²) in [7, 11) is 5.54. The van der Waals surface area contributed by atoms with Gasteiger partial charge in [0.15, 0.2) is 5.96 Å². The Labute approximate surface area is 174 Å². The van der Waals surface area contributed by atoms with Crippen LogP contribution in [0.25, 0.3) is 0 Å². The topological polar surface area (TPSA) is 35.8 Å². The molecule has 0 bridgehead atoms. The first-order valence-corrected chi connectivity index (χ1v) is 8.57. The number of nitrogens with one attached hydrogen (secondary N) is 1. The molecule has 0 saturated carbocycles. The molecule has 10 heteroatoms. The van der Waals surface area contributed by atoms with Crippen molar-refractivity contribution >= 4 is 41.5 Å². The van der Waals surface area contributed by atoms with Crippen LogP contribution in [0.1, 0.15) is 12.1 Å². The summed E-state index contributed by atoms with van der Waals surface area (Å²) in [5.41, 5.74) is 1.05. The molecule has 1 aromatic rings. The van der Waals surface area contributed by atoms with Crippen molar-refractivity contribution in [2.75, 3.05) is 40.3 Å². The standard InChI is InChI=1S/C16H25ClF3N5.HI/c1-21-15(24(3)10-14-6-13(17)9-23(14)2)22-7-12-4-5-25(8-12)11-16(18,19)20;/h6,9,12H,4-5,7-8,10-11H2,1-3H3,(H,21,22);1H. The lowest BCUT2D eigenvalue weighted by molar-refractivity contribution is -0.143. The highest BCUT2D eigenvalue weighted by molar-refractivity contribution is 14.0. The molecule has 0 radical (unpaired) electrons. The second-order valence-electron chi connectivity index (χ2n) is 6.55. The van der Waals surface area contributed by atoms with Gasteiger partial charge in [-0.3, -0.25) is 9.89 Å². The lowest BCUT2D eigenvalue weighted by atomic mass is 10.1. The molecule has 1 atom stereocenters. The number of aryl methyl sites for hydroxylation is 1. The number of hydrogen-bond acceptors (Lipinski definition) is 2. The summed E-state index contributed by atoms with van der Waals surface area (Å²) in [4.78, 5) is 7.69. The van der Waals surface area contributed by atoms with Gasteiger partial charge in [0.25, 0.3) is 0 Å². The van der Waals surface area contributed by atoms with Crippen molar-refractivity contribution in [1.82, 2.24) is 19.7 Å². The quantitative estimate of drug-likeness (QED) is 0.378. The third kappa shape index (κ3) is 7.15. The van der Waals surface area contributed by atoms with Crippen LogP contribution in [0.2, 0.25) is 5.02 Å². The van der Waals surface area contributed by atoms with Crippen LogP contribution in [0, 0.1) is 5.92 Å². The molecule has 1 aromatic heterocycles. The third-order valence-corrected chi connectivity index (χ3v) is 4.58. The highest BCUT2D eigenvalue weighted by atomic mass is 127. The van der Waals surface area contributed by atoms with E-state index >= 15 is 0 Å². The lowest BCUT2D eigenvalue weighted by Crippen LogP contribution is -2.41. The molecule has 0 spiro atoms. The molecular weight excluding hydrogens is 482 g/mol. The summed E-state index contributed by atoms with van der Waals surface area (Å²) in [5.74, 6) is 0.906. The maximum Gasteiger partial charge on any atom is 0.401 e. The van der Waals surface area contributed by atoms with Crippen LogP contribution >= 0.6 is 35.6 Å². The lowest BCUT2D eigenvalue weighted by Gasteiger charge is -2.24. The monoisotopic (exact) mass is 507 g/mol. The van der Waals surface area contributed by atoms with Crippen LogP contribution in [0.3, 0.4) is 0 Å². The summed E-state index contributed by atoms with van der Waals surface area (Å²) in [6.07, 6.45) is -1.53. The zero-order valence-corrected chi connectivity index (χ0v) is 18.3. The van der Waals surface area contributed by atoms with Crippen molar-refractivity contribution < 1.29 is 13.2 Å². The smallest absolute Gasteiger partial charge is 0.356 e. The molecule has 26 heavy (non-hydrogen) atoms. The van der Waals surface area contributed by atoms with E-state index in [1.807, 2.05) is 35.8 Å². The minimum absolute atomic E-state index is 0. The number of alkyl halides is 3. The fraction of sp³-hybridized carbons (Fsp3) is 0.688. The number of aliphatic imine (C=N–C) groups is 1. The number of guanidine groups is 1. The summed E-state index contributed by atoms with van der Waals surface area (Å²) < 4.78 is 39.3. The molecule has 1 aliphatic rings. The number of nitrogens with zero attached hydrogens (tertiary/aromatic N) is 4. The number of aromatic nitrogens is 1. The molecule has 0 aromatic carbocycles. The predicted octanol–water partition coefficient (Wildman–Crippen LogP) is 3.19. The van der Waals surface area contributed by atoms with E-state index < -0.39 is 12.7 Å². The van der Waals surface area contributed by atoms with Crippen molar-refractivity contribution in [1.29, 1.82) is 0 Å². The van der Waals surface area contributed by atoms with E-state index in [9.17, 15) is 13.2 Å². The Morgan fingerprint density at radius 1 is 1.46 bits per heavy atom. The normalized spacial score (nSPS) is 18.7. The number of hydrogen-bond donors (Lipinski definition) is 1. The molecule has 1 fully saturated rings. The maximum atomic E-state index is 12.5. The van der Waals surface area contributed by atoms with Crippen LogP contribution in [0.15, 0.2) is 17.3 Å². The van der Waals surface area contributed by atoms with Gasteiger partial charge in [0, 0.05) is 46.1 Å². The first-order valence-electron chi connectivity index (χ1n) is 8.19. The van der Waals surface area contributed by atoms with Gasteiger partial charge >= 0.3 is 6.18 Å². The Balaban J connectivity index is 0.00000338. The molecule has 2 rings (SSSR count). The van der Waals surface area contributed by atoms with E-state index in [4.69, 9.17) is 11.6 Å². The number of rotatable bonds is 5. The van der Waals surface area contributed by atoms with Crippen molar-refractivity contribution in [2.45, 2.75) is 19.1 Å². The van der Waals surface area contributed by atoms with E-state index in [0.717, 1.165) is 12.1 Å². The summed E-state index contributed by atoms with van der Waals surface area (Å²) in [6.45, 7) is 1.36. The van der Waals surface area contributed by atoms with E-state index in [1.165, 1.54) is 4.90 Å². The molecule has 1 unspecified atom stereocenters. The van der Waals surface area contributed by atoms with Gasteiger partial charge < -0.3 is 14.8 Å². The van der Waals surface area contributed by atoms with E-state index in [1.54, 1.807) is 7.05 Å². The van der Waals surface area contributed by atoms with Crippen molar-refractivity contribution in [3.63, 3.8) is 0 Å². The van der Waals surface area contributed by atoms with Crippen LogP contribution in [-0.4, -0.2) is 66.8 Å². The average molecular weight is 508 g/mol. The number of halogens is 5. The molecule has 1 N–H and O–H groups in total. The Kier molecular flexibility index (Phi) is 9.01. The summed E-state index contributed by atoms with van der Waals surface area (Å²) >= 11 is 6.00. The largest absolute Gasteiger partial charge is 0.401 e. The molecule has 0 amide bonds. The fourth-order valence-electron chi connectivity index (χ4n) is 3.14. The molecular formula is C16H26ClF3IN5. The summed E-state index contributed by atoms with van der Waals surface area (Å²) in [6, 6.07) is 1.90. The first kappa shape index (κ1) is 23.4. The van der Waals surface area contributed by atoms with Gasteiger partial charge in [0.05, 0.1) is 18.1 Å².